The topological polar surface area (TPSA) is 92.1 Å². The van der Waals surface area contributed by atoms with Crippen molar-refractivity contribution < 1.29 is 14.3 Å². The van der Waals surface area contributed by atoms with Crippen molar-refractivity contribution in [3.05, 3.63) is 59.1 Å². The maximum Gasteiger partial charge on any atom is 0.238 e. The van der Waals surface area contributed by atoms with Crippen molar-refractivity contribution in [3.63, 3.8) is 0 Å². The van der Waals surface area contributed by atoms with Crippen molar-refractivity contribution in [2.24, 2.45) is 10.2 Å². The molecular weight excluding hydrogens is 436 g/mol. The number of benzene rings is 2. The number of hydrogen-bond donors (Lipinski definition) is 2. The molecule has 2 N–H and O–H groups in total. The Morgan fingerprint density at radius 2 is 1.94 bits per heavy atom. The lowest BCUT2D eigenvalue weighted by Gasteiger charge is -2.21. The summed E-state index contributed by atoms with van der Waals surface area (Å²) in [7, 11) is 0. The molecule has 1 atom stereocenters. The van der Waals surface area contributed by atoms with Crippen LogP contribution in [0.1, 0.15) is 32.3 Å². The van der Waals surface area contributed by atoms with Crippen LogP contribution in [-0.4, -0.2) is 34.6 Å². The Morgan fingerprint density at radius 3 is 2.61 bits per heavy atom. The molecule has 9 heteroatoms. The molecule has 7 nitrogen and oxygen atoms in total. The molecule has 0 radical (unpaired) electrons. The van der Waals surface area contributed by atoms with Crippen LogP contribution in [0.4, 0.5) is 5.69 Å². The van der Waals surface area contributed by atoms with E-state index < -0.39 is 5.25 Å². The summed E-state index contributed by atoms with van der Waals surface area (Å²) in [6.45, 7) is 4.48. The van der Waals surface area contributed by atoms with E-state index in [2.05, 4.69) is 20.8 Å². The zero-order valence-corrected chi connectivity index (χ0v) is 18.8. The normalized spacial score (nSPS) is 17.9. The minimum absolute atomic E-state index is 0.0626. The quantitative estimate of drug-likeness (QED) is 0.473. The molecule has 0 bridgehead atoms. The summed E-state index contributed by atoms with van der Waals surface area (Å²) in [4.78, 5) is 24.7. The van der Waals surface area contributed by atoms with Crippen molar-refractivity contribution in [3.8, 4) is 5.75 Å². The SMILES string of the molecule is CCCOc1ccc(NC(=O)[C@H]2CC(=O)N/C(=N/N=C(/C)c3ccc(Cl)cc3)S2)cc1. The van der Waals surface area contributed by atoms with Gasteiger partial charge in [0.15, 0.2) is 5.17 Å². The highest BCUT2D eigenvalue weighted by atomic mass is 35.5. The van der Waals surface area contributed by atoms with Gasteiger partial charge in [0.05, 0.1) is 12.3 Å². The number of halogens is 1. The number of carbonyl (C=O) groups excluding carboxylic acids is 2. The van der Waals surface area contributed by atoms with Crippen LogP contribution >= 0.6 is 23.4 Å². The maximum atomic E-state index is 12.7. The molecule has 1 aliphatic rings. The van der Waals surface area contributed by atoms with E-state index in [0.717, 1.165) is 17.7 Å². The Bertz CT molecular complexity index is 991. The van der Waals surface area contributed by atoms with E-state index in [-0.39, 0.29) is 23.4 Å². The average Bonchev–Trinajstić information content (AvgIpc) is 2.77. The third-order valence-corrected chi connectivity index (χ3v) is 5.64. The molecule has 0 saturated carbocycles. The van der Waals surface area contributed by atoms with Gasteiger partial charge < -0.3 is 15.4 Å². The lowest BCUT2D eigenvalue weighted by molar-refractivity contribution is -0.123. The van der Waals surface area contributed by atoms with E-state index >= 15 is 0 Å². The molecule has 31 heavy (non-hydrogen) atoms. The molecule has 1 heterocycles. The van der Waals surface area contributed by atoms with E-state index in [1.54, 1.807) is 43.3 Å². The summed E-state index contributed by atoms with van der Waals surface area (Å²) in [6.07, 6.45) is 0.986. The first-order valence-electron chi connectivity index (χ1n) is 9.83. The molecule has 1 aliphatic heterocycles. The van der Waals surface area contributed by atoms with Gasteiger partial charge in [-0.1, -0.05) is 42.4 Å². The molecule has 3 rings (SSSR count). The van der Waals surface area contributed by atoms with Crippen LogP contribution in [0.2, 0.25) is 5.02 Å². The lowest BCUT2D eigenvalue weighted by atomic mass is 10.1. The third kappa shape index (κ3) is 6.83. The zero-order valence-electron chi connectivity index (χ0n) is 17.2. The molecule has 0 unspecified atom stereocenters. The van der Waals surface area contributed by atoms with Gasteiger partial charge >= 0.3 is 0 Å². The Labute approximate surface area is 190 Å². The number of nitrogens with one attached hydrogen (secondary N) is 2. The number of amides is 2. The van der Waals surface area contributed by atoms with Gasteiger partial charge in [0, 0.05) is 17.1 Å². The Morgan fingerprint density at radius 1 is 1.23 bits per heavy atom. The fourth-order valence-electron chi connectivity index (χ4n) is 2.69. The highest BCUT2D eigenvalue weighted by molar-refractivity contribution is 8.15. The van der Waals surface area contributed by atoms with Crippen molar-refractivity contribution in [1.29, 1.82) is 0 Å². The fourth-order valence-corrected chi connectivity index (χ4v) is 3.74. The van der Waals surface area contributed by atoms with E-state index in [4.69, 9.17) is 16.3 Å². The first-order valence-corrected chi connectivity index (χ1v) is 11.1. The van der Waals surface area contributed by atoms with Gasteiger partial charge in [-0.15, -0.1) is 5.10 Å². The summed E-state index contributed by atoms with van der Waals surface area (Å²) >= 11 is 7.07. The zero-order chi connectivity index (χ0) is 22.2. The molecule has 2 aromatic rings. The molecule has 1 saturated heterocycles. The number of ether oxygens (including phenoxy) is 1. The standard InChI is InChI=1S/C22H23ClN4O3S/c1-3-12-30-18-10-8-17(9-11-18)24-21(29)19-13-20(28)25-22(31-19)27-26-14(2)15-4-6-16(23)7-5-15/h4-11,19H,3,12-13H2,1-2H3,(H,24,29)(H,25,27,28)/b26-14-/t19-/m1/s1. The van der Waals surface area contributed by atoms with Crippen LogP contribution in [-0.2, 0) is 9.59 Å². The molecule has 1 fully saturated rings. The van der Waals surface area contributed by atoms with Gasteiger partial charge in [0.25, 0.3) is 0 Å². The van der Waals surface area contributed by atoms with Crippen LogP contribution in [0, 0.1) is 0 Å². The highest BCUT2D eigenvalue weighted by Crippen LogP contribution is 2.23. The highest BCUT2D eigenvalue weighted by Gasteiger charge is 2.30. The molecule has 2 aromatic carbocycles. The van der Waals surface area contributed by atoms with Gasteiger partial charge in [0.1, 0.15) is 11.0 Å². The van der Waals surface area contributed by atoms with Crippen molar-refractivity contribution >= 4 is 51.7 Å². The fraction of sp³-hybridized carbons (Fsp3) is 0.273. The van der Waals surface area contributed by atoms with Crippen LogP contribution in [0.25, 0.3) is 0 Å². The molecule has 0 aliphatic carbocycles. The van der Waals surface area contributed by atoms with Gasteiger partial charge in [-0.05, 0) is 55.3 Å². The number of thioether (sulfide) groups is 1. The number of hydrogen-bond acceptors (Lipinski definition) is 6. The largest absolute Gasteiger partial charge is 0.494 e. The summed E-state index contributed by atoms with van der Waals surface area (Å²) < 4.78 is 5.54. The van der Waals surface area contributed by atoms with Gasteiger partial charge in [-0.25, -0.2) is 0 Å². The van der Waals surface area contributed by atoms with Crippen molar-refractivity contribution in [1.82, 2.24) is 5.32 Å². The molecule has 0 spiro atoms. The van der Waals surface area contributed by atoms with Crippen LogP contribution in [0.5, 0.6) is 5.75 Å². The summed E-state index contributed by atoms with van der Waals surface area (Å²) in [6, 6.07) is 14.3. The monoisotopic (exact) mass is 458 g/mol. The van der Waals surface area contributed by atoms with Crippen LogP contribution in [0.15, 0.2) is 58.7 Å². The number of nitrogens with zero attached hydrogens (tertiary/aromatic N) is 2. The number of amidine groups is 1. The smallest absolute Gasteiger partial charge is 0.238 e. The van der Waals surface area contributed by atoms with Gasteiger partial charge in [0.2, 0.25) is 11.8 Å². The second-order valence-electron chi connectivity index (χ2n) is 6.82. The van der Waals surface area contributed by atoms with Crippen molar-refractivity contribution in [2.45, 2.75) is 31.9 Å². The average molecular weight is 459 g/mol. The first-order chi connectivity index (χ1) is 14.9. The van der Waals surface area contributed by atoms with Gasteiger partial charge in [-0.2, -0.15) is 5.10 Å². The van der Waals surface area contributed by atoms with E-state index in [1.807, 2.05) is 19.1 Å². The van der Waals surface area contributed by atoms with E-state index in [9.17, 15) is 9.59 Å². The number of carbonyl (C=O) groups is 2. The molecule has 162 valence electrons. The second-order valence-corrected chi connectivity index (χ2v) is 8.45. The predicted octanol–water partition coefficient (Wildman–Crippen LogP) is 4.47. The Kier molecular flexibility index (Phi) is 8.08. The molecular formula is C22H23ClN4O3S. The van der Waals surface area contributed by atoms with E-state index in [1.165, 1.54) is 11.8 Å². The van der Waals surface area contributed by atoms with Crippen LogP contribution < -0.4 is 15.4 Å². The first kappa shape index (κ1) is 22.8. The summed E-state index contributed by atoms with van der Waals surface area (Å²) in [5, 5.41) is 14.1. The minimum Gasteiger partial charge on any atom is -0.494 e. The van der Waals surface area contributed by atoms with E-state index in [0.29, 0.717) is 23.0 Å². The maximum absolute atomic E-state index is 12.7. The van der Waals surface area contributed by atoms with Crippen molar-refractivity contribution in [2.75, 3.05) is 11.9 Å². The molecule has 2 amide bonds. The summed E-state index contributed by atoms with van der Waals surface area (Å²) in [5.74, 6) is 0.197. The minimum atomic E-state index is -0.602. The Hall–Kier alpha value is -2.84. The lowest BCUT2D eigenvalue weighted by Crippen LogP contribution is -2.41. The van der Waals surface area contributed by atoms with Gasteiger partial charge in [-0.3, -0.25) is 9.59 Å². The second kappa shape index (κ2) is 11.0. The number of rotatable bonds is 7. The Balaban J connectivity index is 1.63. The number of anilines is 1. The molecule has 0 aromatic heterocycles. The predicted molar refractivity (Wildman–Crippen MR) is 126 cm³/mol. The van der Waals surface area contributed by atoms with Crippen LogP contribution in [0.3, 0.4) is 0 Å². The third-order valence-electron chi connectivity index (χ3n) is 4.31. The summed E-state index contributed by atoms with van der Waals surface area (Å²) in [5.41, 5.74) is 2.16.